The van der Waals surface area contributed by atoms with E-state index in [1.165, 1.54) is 0 Å². The molecular formula is C21H23N3O4. The standard InChI is InChI=1S/C21H23N3O4/c1-4-6-13-10-17-19(21(25)24-13)18(14(11-22)20(23)28-17)12-7-8-15(27-5-2)16(9-12)26-3/h7-10,18H,4-6,23H2,1-3H3,(H,24,25). The Hall–Kier alpha value is -3.40. The first-order valence-corrected chi connectivity index (χ1v) is 9.18. The molecule has 1 aliphatic heterocycles. The summed E-state index contributed by atoms with van der Waals surface area (Å²) < 4.78 is 16.6. The first kappa shape index (κ1) is 19.4. The highest BCUT2D eigenvalue weighted by Crippen LogP contribution is 2.42. The molecule has 7 heteroatoms. The van der Waals surface area contributed by atoms with Gasteiger partial charge in [0, 0.05) is 11.8 Å². The topological polar surface area (TPSA) is 110 Å². The molecule has 0 radical (unpaired) electrons. The summed E-state index contributed by atoms with van der Waals surface area (Å²) in [6.45, 7) is 4.40. The summed E-state index contributed by atoms with van der Waals surface area (Å²) in [5.74, 6) is 0.825. The van der Waals surface area contributed by atoms with Crippen LogP contribution in [0.4, 0.5) is 0 Å². The number of H-pyrrole nitrogens is 1. The third kappa shape index (κ3) is 3.41. The minimum Gasteiger partial charge on any atom is -0.493 e. The quantitative estimate of drug-likeness (QED) is 0.796. The number of benzene rings is 1. The number of methoxy groups -OCH3 is 1. The van der Waals surface area contributed by atoms with Crippen molar-refractivity contribution < 1.29 is 14.2 Å². The molecule has 2 aromatic rings. The highest BCUT2D eigenvalue weighted by Gasteiger charge is 2.34. The molecule has 1 aromatic carbocycles. The van der Waals surface area contributed by atoms with Gasteiger partial charge in [-0.05, 0) is 31.0 Å². The SMILES string of the molecule is CCCc1cc2c(c(=O)[nH]1)C(c1ccc(OCC)c(OC)c1)C(C#N)=C(N)O2. The van der Waals surface area contributed by atoms with E-state index in [1.807, 2.05) is 13.8 Å². The molecule has 3 N–H and O–H groups in total. The average molecular weight is 381 g/mol. The summed E-state index contributed by atoms with van der Waals surface area (Å²) in [7, 11) is 1.54. The van der Waals surface area contributed by atoms with E-state index >= 15 is 0 Å². The van der Waals surface area contributed by atoms with Gasteiger partial charge in [-0.1, -0.05) is 19.4 Å². The first-order valence-electron chi connectivity index (χ1n) is 9.18. The number of fused-ring (bicyclic) bond motifs is 1. The average Bonchev–Trinajstić information content (AvgIpc) is 2.67. The van der Waals surface area contributed by atoms with E-state index in [0.29, 0.717) is 41.4 Å². The lowest BCUT2D eigenvalue weighted by atomic mass is 9.84. The normalized spacial score (nSPS) is 15.4. The van der Waals surface area contributed by atoms with Crippen molar-refractivity contribution in [3.05, 3.63) is 62.9 Å². The number of nitrogens with two attached hydrogens (primary N) is 1. The number of aryl methyl sites for hydroxylation is 1. The van der Waals surface area contributed by atoms with Crippen LogP contribution in [0.1, 0.15) is 43.0 Å². The summed E-state index contributed by atoms with van der Waals surface area (Å²) in [5.41, 5.74) is 7.73. The van der Waals surface area contributed by atoms with Gasteiger partial charge in [0.1, 0.15) is 17.4 Å². The minimum atomic E-state index is -0.655. The van der Waals surface area contributed by atoms with E-state index < -0.39 is 5.92 Å². The van der Waals surface area contributed by atoms with Crippen molar-refractivity contribution in [2.75, 3.05) is 13.7 Å². The van der Waals surface area contributed by atoms with Gasteiger partial charge >= 0.3 is 0 Å². The second kappa shape index (κ2) is 8.09. The van der Waals surface area contributed by atoms with E-state index in [2.05, 4.69) is 11.1 Å². The number of allylic oxidation sites excluding steroid dienone is 1. The summed E-state index contributed by atoms with van der Waals surface area (Å²) in [6, 6.07) is 9.19. The lowest BCUT2D eigenvalue weighted by molar-refractivity contribution is 0.310. The molecule has 28 heavy (non-hydrogen) atoms. The molecule has 1 atom stereocenters. The Morgan fingerprint density at radius 3 is 2.71 bits per heavy atom. The highest BCUT2D eigenvalue weighted by molar-refractivity contribution is 5.57. The van der Waals surface area contributed by atoms with Crippen molar-refractivity contribution in [3.63, 3.8) is 0 Å². The number of nitrogens with zero attached hydrogens (tertiary/aromatic N) is 1. The van der Waals surface area contributed by atoms with Gasteiger partial charge < -0.3 is 24.9 Å². The Morgan fingerprint density at radius 1 is 1.29 bits per heavy atom. The molecule has 2 heterocycles. The molecular weight excluding hydrogens is 358 g/mol. The minimum absolute atomic E-state index is 0.000833. The van der Waals surface area contributed by atoms with Crippen LogP contribution < -0.4 is 25.5 Å². The number of nitrogens with one attached hydrogen (secondary N) is 1. The maximum atomic E-state index is 12.9. The summed E-state index contributed by atoms with van der Waals surface area (Å²) in [5, 5.41) is 9.68. The van der Waals surface area contributed by atoms with Gasteiger partial charge in [0.15, 0.2) is 11.5 Å². The van der Waals surface area contributed by atoms with Crippen LogP contribution >= 0.6 is 0 Å². The molecule has 1 aliphatic rings. The molecule has 0 amide bonds. The van der Waals surface area contributed by atoms with E-state index in [4.69, 9.17) is 19.9 Å². The van der Waals surface area contributed by atoms with Crippen molar-refractivity contribution in [2.24, 2.45) is 5.73 Å². The molecule has 0 saturated carbocycles. The van der Waals surface area contributed by atoms with E-state index in [9.17, 15) is 10.1 Å². The van der Waals surface area contributed by atoms with Crippen LogP contribution in [0.3, 0.4) is 0 Å². The maximum Gasteiger partial charge on any atom is 0.256 e. The number of hydrogen-bond donors (Lipinski definition) is 2. The second-order valence-corrected chi connectivity index (χ2v) is 6.42. The lowest BCUT2D eigenvalue weighted by Gasteiger charge is -2.26. The number of rotatable bonds is 6. The van der Waals surface area contributed by atoms with Crippen LogP contribution in [0, 0.1) is 11.3 Å². The van der Waals surface area contributed by atoms with Gasteiger partial charge in [0.05, 0.1) is 25.2 Å². The maximum absolute atomic E-state index is 12.9. The predicted molar refractivity (Wildman–Crippen MR) is 105 cm³/mol. The molecule has 1 aromatic heterocycles. The third-order valence-electron chi connectivity index (χ3n) is 4.61. The molecule has 146 valence electrons. The Balaban J connectivity index is 2.20. The number of aromatic nitrogens is 1. The highest BCUT2D eigenvalue weighted by atomic mass is 16.5. The zero-order chi connectivity index (χ0) is 20.3. The Bertz CT molecular complexity index is 1020. The number of aromatic amines is 1. The summed E-state index contributed by atoms with van der Waals surface area (Å²) in [4.78, 5) is 15.8. The lowest BCUT2D eigenvalue weighted by Crippen LogP contribution is -2.28. The monoisotopic (exact) mass is 381 g/mol. The van der Waals surface area contributed by atoms with Crippen molar-refractivity contribution in [1.82, 2.24) is 4.98 Å². The van der Waals surface area contributed by atoms with Crippen LogP contribution in [0.15, 0.2) is 40.5 Å². The first-order chi connectivity index (χ1) is 13.5. The number of ether oxygens (including phenoxy) is 3. The number of pyridine rings is 1. The zero-order valence-corrected chi connectivity index (χ0v) is 16.2. The van der Waals surface area contributed by atoms with Gasteiger partial charge in [-0.25, -0.2) is 0 Å². The molecule has 0 spiro atoms. The number of hydrogen-bond acceptors (Lipinski definition) is 6. The Morgan fingerprint density at radius 2 is 2.07 bits per heavy atom. The van der Waals surface area contributed by atoms with E-state index in [0.717, 1.165) is 12.1 Å². The van der Waals surface area contributed by atoms with Gasteiger partial charge in [-0.2, -0.15) is 5.26 Å². The van der Waals surface area contributed by atoms with Crippen molar-refractivity contribution in [3.8, 4) is 23.3 Å². The smallest absolute Gasteiger partial charge is 0.256 e. The molecule has 0 fully saturated rings. The van der Waals surface area contributed by atoms with Gasteiger partial charge in [-0.15, -0.1) is 0 Å². The van der Waals surface area contributed by atoms with E-state index in [1.54, 1.807) is 31.4 Å². The van der Waals surface area contributed by atoms with Gasteiger partial charge in [-0.3, -0.25) is 4.79 Å². The summed E-state index contributed by atoms with van der Waals surface area (Å²) in [6.07, 6.45) is 1.59. The summed E-state index contributed by atoms with van der Waals surface area (Å²) >= 11 is 0. The fourth-order valence-electron chi connectivity index (χ4n) is 3.41. The number of nitriles is 1. The van der Waals surface area contributed by atoms with Crippen molar-refractivity contribution in [2.45, 2.75) is 32.6 Å². The molecule has 3 rings (SSSR count). The van der Waals surface area contributed by atoms with Crippen LogP contribution in [0.25, 0.3) is 0 Å². The van der Waals surface area contributed by atoms with Crippen LogP contribution in [-0.4, -0.2) is 18.7 Å². The fraction of sp³-hybridized carbons (Fsp3) is 0.333. The van der Waals surface area contributed by atoms with Crippen LogP contribution in [0.5, 0.6) is 17.2 Å². The van der Waals surface area contributed by atoms with Gasteiger partial charge in [0.2, 0.25) is 5.88 Å². The van der Waals surface area contributed by atoms with Crippen molar-refractivity contribution in [1.29, 1.82) is 5.26 Å². The molecule has 7 nitrogen and oxygen atoms in total. The molecule has 0 bridgehead atoms. The van der Waals surface area contributed by atoms with E-state index in [-0.39, 0.29) is 17.0 Å². The Labute approximate surface area is 163 Å². The second-order valence-electron chi connectivity index (χ2n) is 6.42. The third-order valence-corrected chi connectivity index (χ3v) is 4.61. The van der Waals surface area contributed by atoms with Crippen molar-refractivity contribution >= 4 is 0 Å². The Kier molecular flexibility index (Phi) is 5.59. The van der Waals surface area contributed by atoms with Crippen LogP contribution in [0.2, 0.25) is 0 Å². The zero-order valence-electron chi connectivity index (χ0n) is 16.2. The van der Waals surface area contributed by atoms with Gasteiger partial charge in [0.25, 0.3) is 5.56 Å². The largest absolute Gasteiger partial charge is 0.493 e. The molecule has 0 saturated heterocycles. The fourth-order valence-corrected chi connectivity index (χ4v) is 3.41. The molecule has 1 unspecified atom stereocenters. The molecule has 0 aliphatic carbocycles. The predicted octanol–water partition coefficient (Wildman–Crippen LogP) is 2.95. The van der Waals surface area contributed by atoms with Crippen LogP contribution in [-0.2, 0) is 6.42 Å².